The van der Waals surface area contributed by atoms with E-state index in [0.717, 1.165) is 39.3 Å². The van der Waals surface area contributed by atoms with Crippen molar-refractivity contribution in [3.8, 4) is 0 Å². The summed E-state index contributed by atoms with van der Waals surface area (Å²) in [5.41, 5.74) is 0. The Morgan fingerprint density at radius 3 is 2.82 bits per heavy atom. The van der Waals surface area contributed by atoms with Crippen molar-refractivity contribution in [1.82, 2.24) is 15.5 Å². The van der Waals surface area contributed by atoms with E-state index in [4.69, 9.17) is 9.26 Å². The second-order valence-corrected chi connectivity index (χ2v) is 4.45. The lowest BCUT2D eigenvalue weighted by Crippen LogP contribution is -2.36. The average molecular weight is 240 g/mol. The van der Waals surface area contributed by atoms with Crippen molar-refractivity contribution in [3.05, 3.63) is 5.89 Å². The summed E-state index contributed by atoms with van der Waals surface area (Å²) in [5, 5.41) is 7.32. The molecule has 1 aliphatic heterocycles. The second kappa shape index (κ2) is 5.97. The van der Waals surface area contributed by atoms with Gasteiger partial charge in [0.05, 0.1) is 13.2 Å². The van der Waals surface area contributed by atoms with Crippen molar-refractivity contribution >= 4 is 5.95 Å². The summed E-state index contributed by atoms with van der Waals surface area (Å²) < 4.78 is 10.5. The van der Waals surface area contributed by atoms with Gasteiger partial charge in [-0.3, -0.25) is 0 Å². The Hall–Kier alpha value is -1.14. The van der Waals surface area contributed by atoms with E-state index in [9.17, 15) is 0 Å². The zero-order valence-corrected chi connectivity index (χ0v) is 10.5. The first-order valence-corrected chi connectivity index (χ1v) is 6.14. The monoisotopic (exact) mass is 240 g/mol. The summed E-state index contributed by atoms with van der Waals surface area (Å²) in [7, 11) is 0. The molecule has 0 radical (unpaired) electrons. The predicted octanol–water partition coefficient (Wildman–Crippen LogP) is 0.447. The molecule has 1 aliphatic rings. The van der Waals surface area contributed by atoms with Crippen LogP contribution in [0.3, 0.4) is 0 Å². The Morgan fingerprint density at radius 1 is 1.35 bits per heavy atom. The number of anilines is 1. The first-order chi connectivity index (χ1) is 8.25. The molecule has 1 fully saturated rings. The van der Waals surface area contributed by atoms with Crippen LogP contribution in [-0.2, 0) is 11.2 Å². The van der Waals surface area contributed by atoms with Gasteiger partial charge in [0.1, 0.15) is 0 Å². The highest BCUT2D eigenvalue weighted by molar-refractivity contribution is 5.27. The third-order valence-electron chi connectivity index (χ3n) is 2.64. The van der Waals surface area contributed by atoms with Gasteiger partial charge in [0, 0.05) is 32.1 Å². The minimum absolute atomic E-state index is 0.483. The van der Waals surface area contributed by atoms with Crippen molar-refractivity contribution in [2.24, 2.45) is 0 Å². The zero-order valence-electron chi connectivity index (χ0n) is 10.5. The fourth-order valence-electron chi connectivity index (χ4n) is 1.71. The number of rotatable bonds is 5. The molecular formula is C11H20N4O2. The molecular weight excluding hydrogens is 220 g/mol. The van der Waals surface area contributed by atoms with Gasteiger partial charge in [0.15, 0.2) is 0 Å². The molecule has 1 saturated heterocycles. The zero-order chi connectivity index (χ0) is 12.1. The Bertz CT molecular complexity index is 334. The molecule has 2 rings (SSSR count). The summed E-state index contributed by atoms with van der Waals surface area (Å²) in [6.45, 7) is 8.24. The standard InChI is InChI=1S/C11H20N4O2/c1-9(2)12-4-3-10-13-11(14-17-10)15-5-7-16-8-6-15/h9,12H,3-8H2,1-2H3. The van der Waals surface area contributed by atoms with Crippen molar-refractivity contribution < 1.29 is 9.26 Å². The third kappa shape index (κ3) is 3.67. The minimum Gasteiger partial charge on any atom is -0.378 e. The van der Waals surface area contributed by atoms with E-state index in [1.54, 1.807) is 0 Å². The number of ether oxygens (including phenoxy) is 1. The van der Waals surface area contributed by atoms with Crippen molar-refractivity contribution in [3.63, 3.8) is 0 Å². The van der Waals surface area contributed by atoms with Gasteiger partial charge in [-0.15, -0.1) is 0 Å². The molecule has 0 aliphatic carbocycles. The van der Waals surface area contributed by atoms with Crippen LogP contribution in [0.15, 0.2) is 4.52 Å². The molecule has 0 aromatic carbocycles. The molecule has 6 nitrogen and oxygen atoms in total. The predicted molar refractivity (Wildman–Crippen MR) is 64.2 cm³/mol. The van der Waals surface area contributed by atoms with Crippen LogP contribution in [0.5, 0.6) is 0 Å². The molecule has 1 aromatic heterocycles. The van der Waals surface area contributed by atoms with E-state index < -0.39 is 0 Å². The topological polar surface area (TPSA) is 63.4 Å². The number of morpholine rings is 1. The number of hydrogen-bond donors (Lipinski definition) is 1. The normalized spacial score (nSPS) is 16.8. The molecule has 0 saturated carbocycles. The Balaban J connectivity index is 1.82. The minimum atomic E-state index is 0.483. The lowest BCUT2D eigenvalue weighted by molar-refractivity contribution is 0.121. The first kappa shape index (κ1) is 12.3. The van der Waals surface area contributed by atoms with Crippen LogP contribution in [0.2, 0.25) is 0 Å². The largest absolute Gasteiger partial charge is 0.378 e. The molecule has 17 heavy (non-hydrogen) atoms. The van der Waals surface area contributed by atoms with Gasteiger partial charge < -0.3 is 19.5 Å². The quantitative estimate of drug-likeness (QED) is 0.806. The summed E-state index contributed by atoms with van der Waals surface area (Å²) in [6.07, 6.45) is 0.773. The van der Waals surface area contributed by atoms with Crippen LogP contribution in [0.4, 0.5) is 5.95 Å². The highest BCUT2D eigenvalue weighted by Gasteiger charge is 2.16. The van der Waals surface area contributed by atoms with Gasteiger partial charge in [-0.05, 0) is 5.16 Å². The fraction of sp³-hybridized carbons (Fsp3) is 0.818. The van der Waals surface area contributed by atoms with Crippen molar-refractivity contribution in [2.75, 3.05) is 37.7 Å². The Morgan fingerprint density at radius 2 is 2.12 bits per heavy atom. The maximum Gasteiger partial charge on any atom is 0.266 e. The molecule has 0 spiro atoms. The fourth-order valence-corrected chi connectivity index (χ4v) is 1.71. The lowest BCUT2D eigenvalue weighted by atomic mass is 10.3. The van der Waals surface area contributed by atoms with Crippen molar-refractivity contribution in [1.29, 1.82) is 0 Å². The highest BCUT2D eigenvalue weighted by Crippen LogP contribution is 2.11. The van der Waals surface area contributed by atoms with Crippen LogP contribution >= 0.6 is 0 Å². The van der Waals surface area contributed by atoms with Crippen LogP contribution in [-0.4, -0.2) is 49.0 Å². The maximum atomic E-state index is 5.28. The van der Waals surface area contributed by atoms with Crippen LogP contribution in [0, 0.1) is 0 Å². The molecule has 0 atom stereocenters. The third-order valence-corrected chi connectivity index (χ3v) is 2.64. The smallest absolute Gasteiger partial charge is 0.266 e. The van der Waals surface area contributed by atoms with Gasteiger partial charge in [0.25, 0.3) is 5.95 Å². The molecule has 96 valence electrons. The number of nitrogens with one attached hydrogen (secondary N) is 1. The maximum absolute atomic E-state index is 5.28. The van der Waals surface area contributed by atoms with E-state index in [1.165, 1.54) is 0 Å². The molecule has 0 unspecified atom stereocenters. The molecule has 1 N–H and O–H groups in total. The summed E-state index contributed by atoms with van der Waals surface area (Å²) in [4.78, 5) is 6.47. The SMILES string of the molecule is CC(C)NCCc1nc(N2CCOCC2)no1. The second-order valence-electron chi connectivity index (χ2n) is 4.45. The van der Waals surface area contributed by atoms with Crippen LogP contribution in [0.25, 0.3) is 0 Å². The van der Waals surface area contributed by atoms with E-state index in [2.05, 4.69) is 34.2 Å². The molecule has 0 bridgehead atoms. The van der Waals surface area contributed by atoms with Crippen molar-refractivity contribution in [2.45, 2.75) is 26.3 Å². The number of aromatic nitrogens is 2. The number of hydrogen-bond acceptors (Lipinski definition) is 6. The van der Waals surface area contributed by atoms with E-state index in [0.29, 0.717) is 17.9 Å². The van der Waals surface area contributed by atoms with Gasteiger partial charge in [-0.1, -0.05) is 13.8 Å². The van der Waals surface area contributed by atoms with Gasteiger partial charge in [-0.2, -0.15) is 4.98 Å². The van der Waals surface area contributed by atoms with Crippen LogP contribution in [0.1, 0.15) is 19.7 Å². The highest BCUT2D eigenvalue weighted by atomic mass is 16.5. The number of nitrogens with zero attached hydrogens (tertiary/aromatic N) is 3. The molecule has 0 amide bonds. The van der Waals surface area contributed by atoms with Gasteiger partial charge in [0.2, 0.25) is 5.89 Å². The molecule has 1 aromatic rings. The van der Waals surface area contributed by atoms with Gasteiger partial charge >= 0.3 is 0 Å². The average Bonchev–Trinajstić information content (AvgIpc) is 2.78. The molecule has 2 heterocycles. The van der Waals surface area contributed by atoms with E-state index in [-0.39, 0.29) is 0 Å². The van der Waals surface area contributed by atoms with E-state index in [1.807, 2.05) is 0 Å². The first-order valence-electron chi connectivity index (χ1n) is 6.14. The lowest BCUT2D eigenvalue weighted by Gasteiger charge is -2.24. The Labute approximate surface area is 101 Å². The van der Waals surface area contributed by atoms with E-state index >= 15 is 0 Å². The Kier molecular flexibility index (Phi) is 4.33. The molecule has 6 heteroatoms. The summed E-state index contributed by atoms with van der Waals surface area (Å²) in [5.74, 6) is 1.38. The van der Waals surface area contributed by atoms with Crippen LogP contribution < -0.4 is 10.2 Å². The summed E-state index contributed by atoms with van der Waals surface area (Å²) in [6, 6.07) is 0.483. The van der Waals surface area contributed by atoms with Gasteiger partial charge in [-0.25, -0.2) is 0 Å². The summed E-state index contributed by atoms with van der Waals surface area (Å²) >= 11 is 0.